The molecule has 0 radical (unpaired) electrons. The molecule has 2 rings (SSSR count). The van der Waals surface area contributed by atoms with Gasteiger partial charge in [0.1, 0.15) is 12.0 Å². The van der Waals surface area contributed by atoms with Crippen LogP contribution in [0.5, 0.6) is 0 Å². The summed E-state index contributed by atoms with van der Waals surface area (Å²) >= 11 is 5.80. The van der Waals surface area contributed by atoms with Crippen molar-refractivity contribution < 1.29 is 4.52 Å². The van der Waals surface area contributed by atoms with Crippen LogP contribution in [0.15, 0.2) is 41.1 Å². The fourth-order valence-electron chi connectivity index (χ4n) is 1.01. The zero-order valence-electron chi connectivity index (χ0n) is 6.20. The topological polar surface area (TPSA) is 26.0 Å². The standard InChI is InChI=1S/C9H6ClNO/c10-8-3-1-2-7(6-8)9-4-5-12-11-9/h1-6H. The van der Waals surface area contributed by atoms with E-state index in [9.17, 15) is 0 Å². The second-order valence-corrected chi connectivity index (χ2v) is 2.83. The molecule has 2 aromatic rings. The van der Waals surface area contributed by atoms with Gasteiger partial charge in [-0.15, -0.1) is 0 Å². The van der Waals surface area contributed by atoms with Gasteiger partial charge in [-0.2, -0.15) is 0 Å². The van der Waals surface area contributed by atoms with E-state index >= 15 is 0 Å². The molecule has 2 nitrogen and oxygen atoms in total. The summed E-state index contributed by atoms with van der Waals surface area (Å²) in [5, 5.41) is 4.50. The minimum absolute atomic E-state index is 0.704. The van der Waals surface area contributed by atoms with E-state index in [1.807, 2.05) is 24.3 Å². The molecule has 0 fully saturated rings. The highest BCUT2D eigenvalue weighted by atomic mass is 35.5. The molecule has 1 heterocycles. The Morgan fingerprint density at radius 3 is 2.83 bits per heavy atom. The molecular formula is C9H6ClNO. The molecule has 1 aromatic heterocycles. The third kappa shape index (κ3) is 1.34. The van der Waals surface area contributed by atoms with E-state index in [0.29, 0.717) is 5.02 Å². The fourth-order valence-corrected chi connectivity index (χ4v) is 1.20. The van der Waals surface area contributed by atoms with Gasteiger partial charge in [0, 0.05) is 16.7 Å². The Hall–Kier alpha value is -1.28. The average Bonchev–Trinajstić information content (AvgIpc) is 2.56. The van der Waals surface area contributed by atoms with Crippen LogP contribution in [0, 0.1) is 0 Å². The van der Waals surface area contributed by atoms with Crippen molar-refractivity contribution >= 4 is 11.6 Å². The van der Waals surface area contributed by atoms with Crippen molar-refractivity contribution in [1.82, 2.24) is 5.16 Å². The maximum atomic E-state index is 5.80. The molecule has 0 aliphatic carbocycles. The minimum atomic E-state index is 0.704. The first-order chi connectivity index (χ1) is 5.86. The molecular weight excluding hydrogens is 174 g/mol. The Labute approximate surface area is 74.8 Å². The van der Waals surface area contributed by atoms with Crippen molar-refractivity contribution in [1.29, 1.82) is 0 Å². The molecule has 0 aliphatic heterocycles. The average molecular weight is 180 g/mol. The highest BCUT2D eigenvalue weighted by Crippen LogP contribution is 2.20. The second-order valence-electron chi connectivity index (χ2n) is 2.40. The van der Waals surface area contributed by atoms with Crippen molar-refractivity contribution in [3.63, 3.8) is 0 Å². The summed E-state index contributed by atoms with van der Waals surface area (Å²) < 4.78 is 4.72. The lowest BCUT2D eigenvalue weighted by molar-refractivity contribution is 0.422. The van der Waals surface area contributed by atoms with Crippen LogP contribution in [-0.4, -0.2) is 5.16 Å². The van der Waals surface area contributed by atoms with Crippen LogP contribution in [0.4, 0.5) is 0 Å². The molecule has 12 heavy (non-hydrogen) atoms. The van der Waals surface area contributed by atoms with Gasteiger partial charge in [0.15, 0.2) is 0 Å². The third-order valence-corrected chi connectivity index (χ3v) is 1.79. The zero-order chi connectivity index (χ0) is 8.39. The van der Waals surface area contributed by atoms with Crippen molar-refractivity contribution in [2.45, 2.75) is 0 Å². The van der Waals surface area contributed by atoms with Crippen LogP contribution in [0.1, 0.15) is 0 Å². The predicted molar refractivity (Wildman–Crippen MR) is 46.9 cm³/mol. The Kier molecular flexibility index (Phi) is 1.84. The first-order valence-electron chi connectivity index (χ1n) is 3.52. The molecule has 0 spiro atoms. The van der Waals surface area contributed by atoms with Gasteiger partial charge >= 0.3 is 0 Å². The van der Waals surface area contributed by atoms with Crippen LogP contribution in [0.2, 0.25) is 5.02 Å². The van der Waals surface area contributed by atoms with E-state index < -0.39 is 0 Å². The van der Waals surface area contributed by atoms with Gasteiger partial charge in [-0.05, 0) is 12.1 Å². The van der Waals surface area contributed by atoms with E-state index in [-0.39, 0.29) is 0 Å². The molecule has 0 atom stereocenters. The lowest BCUT2D eigenvalue weighted by atomic mass is 10.2. The number of nitrogens with zero attached hydrogens (tertiary/aromatic N) is 1. The quantitative estimate of drug-likeness (QED) is 0.673. The molecule has 0 saturated heterocycles. The number of benzene rings is 1. The first kappa shape index (κ1) is 7.37. The molecule has 0 aliphatic rings. The summed E-state index contributed by atoms with van der Waals surface area (Å²) in [6.45, 7) is 0. The predicted octanol–water partition coefficient (Wildman–Crippen LogP) is 3.00. The largest absolute Gasteiger partial charge is 0.364 e. The van der Waals surface area contributed by atoms with Crippen molar-refractivity contribution in [2.75, 3.05) is 0 Å². The number of aromatic nitrogens is 1. The van der Waals surface area contributed by atoms with Crippen LogP contribution >= 0.6 is 11.6 Å². The van der Waals surface area contributed by atoms with Crippen molar-refractivity contribution in [2.24, 2.45) is 0 Å². The summed E-state index contributed by atoms with van der Waals surface area (Å²) in [6.07, 6.45) is 1.54. The Bertz CT molecular complexity index is 370. The molecule has 60 valence electrons. The van der Waals surface area contributed by atoms with E-state index in [1.54, 1.807) is 6.07 Å². The van der Waals surface area contributed by atoms with Gasteiger partial charge in [0.25, 0.3) is 0 Å². The highest BCUT2D eigenvalue weighted by molar-refractivity contribution is 6.30. The highest BCUT2D eigenvalue weighted by Gasteiger charge is 1.99. The van der Waals surface area contributed by atoms with E-state index in [1.165, 1.54) is 6.26 Å². The summed E-state index contributed by atoms with van der Waals surface area (Å²) in [4.78, 5) is 0. The van der Waals surface area contributed by atoms with Gasteiger partial charge in [0.2, 0.25) is 0 Å². The Morgan fingerprint density at radius 2 is 2.17 bits per heavy atom. The monoisotopic (exact) mass is 179 g/mol. The summed E-state index contributed by atoms with van der Waals surface area (Å²) in [6, 6.07) is 9.28. The zero-order valence-corrected chi connectivity index (χ0v) is 6.95. The van der Waals surface area contributed by atoms with Crippen LogP contribution < -0.4 is 0 Å². The lowest BCUT2D eigenvalue weighted by Crippen LogP contribution is -1.75. The molecule has 0 unspecified atom stereocenters. The smallest absolute Gasteiger partial charge is 0.124 e. The molecule has 3 heteroatoms. The fraction of sp³-hybridized carbons (Fsp3) is 0. The van der Waals surface area contributed by atoms with E-state index in [0.717, 1.165) is 11.3 Å². The van der Waals surface area contributed by atoms with E-state index in [4.69, 9.17) is 16.1 Å². The van der Waals surface area contributed by atoms with Crippen LogP contribution in [-0.2, 0) is 0 Å². The number of hydrogen-bond acceptors (Lipinski definition) is 2. The Balaban J connectivity index is 2.48. The molecule has 0 N–H and O–H groups in total. The van der Waals surface area contributed by atoms with E-state index in [2.05, 4.69) is 5.16 Å². The van der Waals surface area contributed by atoms with Crippen molar-refractivity contribution in [3.05, 3.63) is 41.6 Å². The summed E-state index contributed by atoms with van der Waals surface area (Å²) in [7, 11) is 0. The van der Waals surface area contributed by atoms with Gasteiger partial charge < -0.3 is 4.52 Å². The molecule has 0 bridgehead atoms. The van der Waals surface area contributed by atoms with Crippen LogP contribution in [0.25, 0.3) is 11.3 Å². The summed E-state index contributed by atoms with van der Waals surface area (Å²) in [5.41, 5.74) is 1.77. The normalized spacial score (nSPS) is 10.1. The summed E-state index contributed by atoms with van der Waals surface area (Å²) in [5.74, 6) is 0. The maximum absolute atomic E-state index is 5.80. The third-order valence-electron chi connectivity index (χ3n) is 1.56. The first-order valence-corrected chi connectivity index (χ1v) is 3.90. The molecule has 1 aromatic carbocycles. The van der Waals surface area contributed by atoms with Crippen LogP contribution in [0.3, 0.4) is 0 Å². The number of hydrogen-bond donors (Lipinski definition) is 0. The number of halogens is 1. The second kappa shape index (κ2) is 2.99. The van der Waals surface area contributed by atoms with Crippen molar-refractivity contribution in [3.8, 4) is 11.3 Å². The lowest BCUT2D eigenvalue weighted by Gasteiger charge is -1.94. The SMILES string of the molecule is Clc1cccc(-c2ccon2)c1. The van der Waals surface area contributed by atoms with Gasteiger partial charge in [0.05, 0.1) is 0 Å². The van der Waals surface area contributed by atoms with Gasteiger partial charge in [-0.25, -0.2) is 0 Å². The number of rotatable bonds is 1. The van der Waals surface area contributed by atoms with Gasteiger partial charge in [-0.3, -0.25) is 0 Å². The minimum Gasteiger partial charge on any atom is -0.364 e. The molecule has 0 amide bonds. The van der Waals surface area contributed by atoms with Gasteiger partial charge in [-0.1, -0.05) is 28.9 Å². The maximum Gasteiger partial charge on any atom is 0.124 e. The Morgan fingerprint density at radius 1 is 1.25 bits per heavy atom. The molecule has 0 saturated carbocycles.